The Morgan fingerprint density at radius 3 is 2.08 bits per heavy atom. The average Bonchev–Trinajstić information content (AvgIpc) is 2.11. The van der Waals surface area contributed by atoms with Crippen LogP contribution in [0, 0.1) is 17.8 Å². The van der Waals surface area contributed by atoms with E-state index in [4.69, 9.17) is 0 Å². The van der Waals surface area contributed by atoms with Crippen molar-refractivity contribution in [1.29, 1.82) is 0 Å². The van der Waals surface area contributed by atoms with Crippen LogP contribution in [0.5, 0.6) is 0 Å². The average molecular weight is 168 g/mol. The van der Waals surface area contributed by atoms with Gasteiger partial charge in [0.05, 0.1) is 0 Å². The summed E-state index contributed by atoms with van der Waals surface area (Å²) in [6.45, 7) is 13.0. The molecule has 0 aromatic carbocycles. The molecular formula is C12H24. The second kappa shape index (κ2) is 6.28. The zero-order valence-corrected chi connectivity index (χ0v) is 9.14. The topological polar surface area (TPSA) is 0 Å². The first kappa shape index (κ1) is 11.7. The van der Waals surface area contributed by atoms with E-state index in [1.807, 2.05) is 0 Å². The third-order valence-corrected chi connectivity index (χ3v) is 3.10. The maximum absolute atomic E-state index is 3.80. The van der Waals surface area contributed by atoms with Gasteiger partial charge < -0.3 is 0 Å². The van der Waals surface area contributed by atoms with Gasteiger partial charge in [-0.05, 0) is 30.6 Å². The highest BCUT2D eigenvalue weighted by Crippen LogP contribution is 2.22. The Morgan fingerprint density at radius 1 is 1.08 bits per heavy atom. The lowest BCUT2D eigenvalue weighted by atomic mass is 9.87. The van der Waals surface area contributed by atoms with E-state index in [1.54, 1.807) is 0 Å². The highest BCUT2D eigenvalue weighted by atomic mass is 14.2. The third kappa shape index (κ3) is 4.58. The zero-order valence-electron chi connectivity index (χ0n) is 9.14. The van der Waals surface area contributed by atoms with Crippen LogP contribution in [-0.2, 0) is 0 Å². The summed E-state index contributed by atoms with van der Waals surface area (Å²) in [4.78, 5) is 0. The van der Waals surface area contributed by atoms with E-state index in [0.29, 0.717) is 5.92 Å². The molecule has 0 bridgehead atoms. The van der Waals surface area contributed by atoms with Crippen LogP contribution in [0.2, 0.25) is 0 Å². The van der Waals surface area contributed by atoms with Crippen LogP contribution in [0.3, 0.4) is 0 Å². The van der Waals surface area contributed by atoms with Gasteiger partial charge in [0.1, 0.15) is 0 Å². The standard InChI is InChI=1S/C12H24/c1-6-10(3)8-9-12(5)11(4)7-2/h6,10-12H,1,7-9H2,2-5H3. The van der Waals surface area contributed by atoms with Crippen molar-refractivity contribution in [3.05, 3.63) is 12.7 Å². The van der Waals surface area contributed by atoms with Crippen molar-refractivity contribution >= 4 is 0 Å². The first-order valence-corrected chi connectivity index (χ1v) is 5.24. The monoisotopic (exact) mass is 168 g/mol. The lowest BCUT2D eigenvalue weighted by Gasteiger charge is -2.19. The molecule has 0 aliphatic rings. The molecule has 0 saturated heterocycles. The van der Waals surface area contributed by atoms with Crippen LogP contribution in [0.25, 0.3) is 0 Å². The smallest absolute Gasteiger partial charge is 0.0265 e. The normalized spacial score (nSPS) is 18.3. The van der Waals surface area contributed by atoms with Crippen molar-refractivity contribution in [3.8, 4) is 0 Å². The second-order valence-corrected chi connectivity index (χ2v) is 4.15. The summed E-state index contributed by atoms with van der Waals surface area (Å²) in [6, 6.07) is 0. The van der Waals surface area contributed by atoms with Crippen LogP contribution in [0.4, 0.5) is 0 Å². The summed E-state index contributed by atoms with van der Waals surface area (Å²) in [6.07, 6.45) is 6.02. The zero-order chi connectivity index (χ0) is 9.56. The van der Waals surface area contributed by atoms with Crippen LogP contribution in [-0.4, -0.2) is 0 Å². The molecule has 0 aliphatic heterocycles. The van der Waals surface area contributed by atoms with Crippen LogP contribution in [0.1, 0.15) is 47.0 Å². The molecule has 0 aromatic heterocycles. The molecule has 12 heavy (non-hydrogen) atoms. The van der Waals surface area contributed by atoms with E-state index in [-0.39, 0.29) is 0 Å². The van der Waals surface area contributed by atoms with Crippen molar-refractivity contribution < 1.29 is 0 Å². The predicted molar refractivity (Wildman–Crippen MR) is 57.2 cm³/mol. The van der Waals surface area contributed by atoms with E-state index in [0.717, 1.165) is 11.8 Å². The molecule has 3 unspecified atom stereocenters. The van der Waals surface area contributed by atoms with Crippen LogP contribution < -0.4 is 0 Å². The van der Waals surface area contributed by atoms with Gasteiger partial charge in [0.2, 0.25) is 0 Å². The van der Waals surface area contributed by atoms with E-state index in [1.165, 1.54) is 19.3 Å². The molecule has 0 heterocycles. The minimum absolute atomic E-state index is 0.691. The fourth-order valence-corrected chi connectivity index (χ4v) is 1.33. The van der Waals surface area contributed by atoms with Gasteiger partial charge >= 0.3 is 0 Å². The minimum atomic E-state index is 0.691. The number of rotatable bonds is 6. The number of hydrogen-bond donors (Lipinski definition) is 0. The highest BCUT2D eigenvalue weighted by molar-refractivity contribution is 4.75. The fraction of sp³-hybridized carbons (Fsp3) is 0.833. The van der Waals surface area contributed by atoms with Gasteiger partial charge in [-0.3, -0.25) is 0 Å². The van der Waals surface area contributed by atoms with E-state index in [9.17, 15) is 0 Å². The quantitative estimate of drug-likeness (QED) is 0.519. The molecule has 0 N–H and O–H groups in total. The van der Waals surface area contributed by atoms with Crippen LogP contribution in [0.15, 0.2) is 12.7 Å². The molecule has 0 aromatic rings. The molecule has 0 heteroatoms. The molecule has 0 saturated carbocycles. The Kier molecular flexibility index (Phi) is 6.14. The molecule has 0 nitrogen and oxygen atoms in total. The second-order valence-electron chi connectivity index (χ2n) is 4.15. The summed E-state index contributed by atoms with van der Waals surface area (Å²) < 4.78 is 0. The van der Waals surface area contributed by atoms with E-state index in [2.05, 4.69) is 40.3 Å². The molecule has 0 radical (unpaired) electrons. The van der Waals surface area contributed by atoms with Crippen LogP contribution >= 0.6 is 0 Å². The fourth-order valence-electron chi connectivity index (χ4n) is 1.33. The van der Waals surface area contributed by atoms with Gasteiger partial charge in [-0.1, -0.05) is 40.2 Å². The molecule has 3 atom stereocenters. The number of hydrogen-bond acceptors (Lipinski definition) is 0. The maximum Gasteiger partial charge on any atom is -0.0265 e. The summed E-state index contributed by atoms with van der Waals surface area (Å²) in [7, 11) is 0. The first-order valence-electron chi connectivity index (χ1n) is 5.24. The summed E-state index contributed by atoms with van der Waals surface area (Å²) in [5.41, 5.74) is 0. The number of allylic oxidation sites excluding steroid dienone is 1. The summed E-state index contributed by atoms with van der Waals surface area (Å²) in [5, 5.41) is 0. The van der Waals surface area contributed by atoms with Gasteiger partial charge in [-0.2, -0.15) is 0 Å². The lowest BCUT2D eigenvalue weighted by Crippen LogP contribution is -2.07. The largest absolute Gasteiger partial charge is 0.103 e. The van der Waals surface area contributed by atoms with Gasteiger partial charge in [0, 0.05) is 0 Å². The molecule has 0 spiro atoms. The van der Waals surface area contributed by atoms with Crippen molar-refractivity contribution in [1.82, 2.24) is 0 Å². The molecule has 0 rings (SSSR count). The predicted octanol–water partition coefficient (Wildman–Crippen LogP) is 4.27. The maximum atomic E-state index is 3.80. The third-order valence-electron chi connectivity index (χ3n) is 3.10. The Bertz CT molecular complexity index is 115. The van der Waals surface area contributed by atoms with Crippen molar-refractivity contribution in [2.24, 2.45) is 17.8 Å². The lowest BCUT2D eigenvalue weighted by molar-refractivity contribution is 0.336. The first-order chi connectivity index (χ1) is 5.61. The van der Waals surface area contributed by atoms with Gasteiger partial charge in [-0.15, -0.1) is 6.58 Å². The molecule has 0 aliphatic carbocycles. The van der Waals surface area contributed by atoms with E-state index >= 15 is 0 Å². The SMILES string of the molecule is C=CC(C)CCC(C)C(C)CC. The molecule has 0 amide bonds. The minimum Gasteiger partial charge on any atom is -0.103 e. The van der Waals surface area contributed by atoms with Gasteiger partial charge in [0.25, 0.3) is 0 Å². The van der Waals surface area contributed by atoms with Gasteiger partial charge in [-0.25, -0.2) is 0 Å². The van der Waals surface area contributed by atoms with E-state index < -0.39 is 0 Å². The Labute approximate surface area is 78.1 Å². The van der Waals surface area contributed by atoms with Gasteiger partial charge in [0.15, 0.2) is 0 Å². The Balaban J connectivity index is 3.55. The summed E-state index contributed by atoms with van der Waals surface area (Å²) in [5.74, 6) is 2.44. The highest BCUT2D eigenvalue weighted by Gasteiger charge is 2.10. The molecule has 0 fully saturated rings. The van der Waals surface area contributed by atoms with Crippen molar-refractivity contribution in [2.75, 3.05) is 0 Å². The molecule has 72 valence electrons. The van der Waals surface area contributed by atoms with Crippen molar-refractivity contribution in [2.45, 2.75) is 47.0 Å². The molecular weight excluding hydrogens is 144 g/mol. The van der Waals surface area contributed by atoms with Crippen molar-refractivity contribution in [3.63, 3.8) is 0 Å². The summed E-state index contributed by atoms with van der Waals surface area (Å²) >= 11 is 0. The Morgan fingerprint density at radius 2 is 1.67 bits per heavy atom. The Hall–Kier alpha value is -0.260.